The van der Waals surface area contributed by atoms with Crippen molar-refractivity contribution in [2.24, 2.45) is 0 Å². The molecule has 27 heavy (non-hydrogen) atoms. The van der Waals surface area contributed by atoms with Gasteiger partial charge in [0.1, 0.15) is 5.82 Å². The van der Waals surface area contributed by atoms with Crippen LogP contribution < -0.4 is 4.90 Å². The van der Waals surface area contributed by atoms with Gasteiger partial charge in [0.2, 0.25) is 5.91 Å². The van der Waals surface area contributed by atoms with E-state index in [0.29, 0.717) is 33.7 Å². The van der Waals surface area contributed by atoms with Gasteiger partial charge in [0.05, 0.1) is 29.2 Å². The highest BCUT2D eigenvalue weighted by Crippen LogP contribution is 2.43. The topological polar surface area (TPSA) is 47.3 Å². The summed E-state index contributed by atoms with van der Waals surface area (Å²) >= 11 is 7.49. The minimum absolute atomic E-state index is 0.0806. The lowest BCUT2D eigenvalue weighted by Gasteiger charge is -2.42. The van der Waals surface area contributed by atoms with Crippen molar-refractivity contribution in [3.8, 4) is 6.07 Å². The number of fused-ring (bicyclic) bond motifs is 1. The summed E-state index contributed by atoms with van der Waals surface area (Å²) in [6.07, 6.45) is 0.0806. The van der Waals surface area contributed by atoms with Gasteiger partial charge in [0, 0.05) is 23.0 Å². The van der Waals surface area contributed by atoms with Crippen molar-refractivity contribution in [1.82, 2.24) is 4.90 Å². The number of benzene rings is 2. The second-order valence-corrected chi connectivity index (χ2v) is 7.74. The lowest BCUT2D eigenvalue weighted by atomic mass is 9.86. The number of allylic oxidation sites excluding steroid dienone is 1. The van der Waals surface area contributed by atoms with Crippen LogP contribution in [0.25, 0.3) is 0 Å². The number of hydrogen-bond acceptors (Lipinski definition) is 4. The summed E-state index contributed by atoms with van der Waals surface area (Å²) in [4.78, 5) is 16.5. The molecule has 0 saturated carbocycles. The molecule has 0 spiro atoms. The zero-order valence-corrected chi connectivity index (χ0v) is 15.8. The molecule has 2 aromatic carbocycles. The summed E-state index contributed by atoms with van der Waals surface area (Å²) < 4.78 is 14.3. The molecule has 2 aliphatic heterocycles. The van der Waals surface area contributed by atoms with Gasteiger partial charge in [-0.1, -0.05) is 47.6 Å². The van der Waals surface area contributed by atoms with Crippen molar-refractivity contribution >= 4 is 35.0 Å². The van der Waals surface area contributed by atoms with Gasteiger partial charge in [-0.25, -0.2) is 4.39 Å². The molecule has 1 atom stereocenters. The van der Waals surface area contributed by atoms with E-state index in [-0.39, 0.29) is 12.3 Å². The molecule has 0 N–H and O–H groups in total. The van der Waals surface area contributed by atoms with Crippen LogP contribution in [0.3, 0.4) is 0 Å². The fourth-order valence-corrected chi connectivity index (χ4v) is 4.77. The molecule has 1 amide bonds. The number of amides is 1. The Morgan fingerprint density at radius 2 is 2.04 bits per heavy atom. The highest BCUT2D eigenvalue weighted by molar-refractivity contribution is 8.03. The number of nitrogens with zero attached hydrogens (tertiary/aromatic N) is 3. The summed E-state index contributed by atoms with van der Waals surface area (Å²) in [5.74, 6) is -0.468. The minimum Gasteiger partial charge on any atom is -0.344 e. The van der Waals surface area contributed by atoms with Gasteiger partial charge in [-0.15, -0.1) is 0 Å². The highest BCUT2D eigenvalue weighted by atomic mass is 35.5. The van der Waals surface area contributed by atoms with Gasteiger partial charge in [0.15, 0.2) is 0 Å². The molecule has 2 aromatic rings. The van der Waals surface area contributed by atoms with Crippen molar-refractivity contribution in [3.05, 3.63) is 75.5 Å². The molecule has 7 heteroatoms. The number of halogens is 2. The van der Waals surface area contributed by atoms with Crippen LogP contribution >= 0.6 is 23.4 Å². The van der Waals surface area contributed by atoms with Crippen molar-refractivity contribution in [2.45, 2.75) is 12.3 Å². The third kappa shape index (κ3) is 3.29. The quantitative estimate of drug-likeness (QED) is 0.734. The van der Waals surface area contributed by atoms with E-state index >= 15 is 0 Å². The average molecular weight is 400 g/mol. The number of nitriles is 1. The predicted molar refractivity (Wildman–Crippen MR) is 104 cm³/mol. The first-order chi connectivity index (χ1) is 13.1. The van der Waals surface area contributed by atoms with Crippen LogP contribution in [0, 0.1) is 17.1 Å². The third-order valence-electron chi connectivity index (χ3n) is 4.75. The Bertz CT molecular complexity index is 987. The number of carbonyl (C=O) groups excluding carboxylic acids is 1. The Morgan fingerprint density at radius 3 is 2.78 bits per heavy atom. The molecule has 0 aromatic heterocycles. The Balaban J connectivity index is 1.69. The van der Waals surface area contributed by atoms with Gasteiger partial charge in [-0.3, -0.25) is 9.69 Å². The monoisotopic (exact) mass is 399 g/mol. The molecule has 4 rings (SSSR count). The fourth-order valence-electron chi connectivity index (χ4n) is 3.42. The largest absolute Gasteiger partial charge is 0.344 e. The Hall–Kier alpha value is -2.49. The summed E-state index contributed by atoms with van der Waals surface area (Å²) in [5.41, 5.74) is 1.76. The predicted octanol–water partition coefficient (Wildman–Crippen LogP) is 4.70. The second kappa shape index (κ2) is 7.26. The van der Waals surface area contributed by atoms with Gasteiger partial charge >= 0.3 is 0 Å². The van der Waals surface area contributed by atoms with E-state index in [1.807, 2.05) is 23.1 Å². The molecule has 0 radical (unpaired) electrons. The van der Waals surface area contributed by atoms with Crippen molar-refractivity contribution in [2.75, 3.05) is 17.4 Å². The molecule has 136 valence electrons. The van der Waals surface area contributed by atoms with E-state index < -0.39 is 11.7 Å². The Labute approximate surface area is 165 Å². The standard InChI is InChI=1S/C20H15ClFN3OS/c21-13-4-3-5-14(8-13)24-11-25-19(26)9-16(15-6-1-2-7-18(15)22)17(10-23)20(25)27-12-24/h1-8,16H,9,11-12H2. The van der Waals surface area contributed by atoms with Crippen LogP contribution in [0.5, 0.6) is 0 Å². The molecule has 4 nitrogen and oxygen atoms in total. The van der Waals surface area contributed by atoms with Gasteiger partial charge in [-0.2, -0.15) is 5.26 Å². The molecule has 2 aliphatic rings. The SMILES string of the molecule is N#CC1=C2SCN(c3cccc(Cl)c3)CN2C(=O)CC1c1ccccc1F. The van der Waals surface area contributed by atoms with Crippen molar-refractivity contribution < 1.29 is 9.18 Å². The fraction of sp³-hybridized carbons (Fsp3) is 0.200. The van der Waals surface area contributed by atoms with Gasteiger partial charge in [-0.05, 0) is 29.8 Å². The maximum atomic E-state index is 14.3. The smallest absolute Gasteiger partial charge is 0.229 e. The number of hydrogen-bond donors (Lipinski definition) is 0. The molecule has 0 bridgehead atoms. The summed E-state index contributed by atoms with van der Waals surface area (Å²) in [6.45, 7) is 0.344. The van der Waals surface area contributed by atoms with Gasteiger partial charge in [0.25, 0.3) is 0 Å². The Morgan fingerprint density at radius 1 is 1.22 bits per heavy atom. The van der Waals surface area contributed by atoms with Crippen LogP contribution in [-0.4, -0.2) is 23.4 Å². The van der Waals surface area contributed by atoms with E-state index in [1.165, 1.54) is 17.8 Å². The number of anilines is 1. The molecule has 1 saturated heterocycles. The maximum Gasteiger partial charge on any atom is 0.229 e. The molecule has 1 unspecified atom stereocenters. The Kier molecular flexibility index (Phi) is 4.81. The number of carbonyl (C=O) groups is 1. The maximum absolute atomic E-state index is 14.3. The van der Waals surface area contributed by atoms with Crippen LogP contribution in [0.2, 0.25) is 5.02 Å². The van der Waals surface area contributed by atoms with E-state index in [9.17, 15) is 14.4 Å². The lowest BCUT2D eigenvalue weighted by Crippen LogP contribution is -2.47. The highest BCUT2D eigenvalue weighted by Gasteiger charge is 2.39. The molecule has 2 heterocycles. The van der Waals surface area contributed by atoms with Gasteiger partial charge < -0.3 is 4.90 Å². The summed E-state index contributed by atoms with van der Waals surface area (Å²) in [7, 11) is 0. The van der Waals surface area contributed by atoms with Crippen LogP contribution in [0.15, 0.2) is 59.1 Å². The number of thioether (sulfide) groups is 1. The van der Waals surface area contributed by atoms with Crippen molar-refractivity contribution in [3.63, 3.8) is 0 Å². The van der Waals surface area contributed by atoms with Crippen LogP contribution in [0.4, 0.5) is 10.1 Å². The van der Waals surface area contributed by atoms with Crippen LogP contribution in [0.1, 0.15) is 17.9 Å². The number of rotatable bonds is 2. The van der Waals surface area contributed by atoms with E-state index in [2.05, 4.69) is 6.07 Å². The first kappa shape index (κ1) is 17.9. The second-order valence-electron chi connectivity index (χ2n) is 6.37. The zero-order chi connectivity index (χ0) is 19.0. The third-order valence-corrected chi connectivity index (χ3v) is 6.14. The van der Waals surface area contributed by atoms with E-state index in [4.69, 9.17) is 11.6 Å². The molecule has 0 aliphatic carbocycles. The first-order valence-electron chi connectivity index (χ1n) is 8.41. The van der Waals surface area contributed by atoms with E-state index in [0.717, 1.165) is 5.69 Å². The summed E-state index contributed by atoms with van der Waals surface area (Å²) in [6, 6.07) is 16.0. The normalized spacial score (nSPS) is 19.7. The molecular weight excluding hydrogens is 385 g/mol. The zero-order valence-electron chi connectivity index (χ0n) is 14.2. The average Bonchev–Trinajstić information content (AvgIpc) is 2.68. The van der Waals surface area contributed by atoms with Crippen molar-refractivity contribution in [1.29, 1.82) is 5.26 Å². The molecule has 1 fully saturated rings. The minimum atomic E-state index is -0.542. The summed E-state index contributed by atoms with van der Waals surface area (Å²) in [5, 5.41) is 11.0. The lowest BCUT2D eigenvalue weighted by molar-refractivity contribution is -0.129. The first-order valence-corrected chi connectivity index (χ1v) is 9.77. The van der Waals surface area contributed by atoms with Crippen LogP contribution in [-0.2, 0) is 4.79 Å². The van der Waals surface area contributed by atoms with E-state index in [1.54, 1.807) is 29.2 Å². The molecular formula is C20H15ClFN3OS.